The molecule has 1 aliphatic rings. The number of ether oxygens (including phenoxy) is 1. The predicted octanol–water partition coefficient (Wildman–Crippen LogP) is 3.16. The highest BCUT2D eigenvalue weighted by Gasteiger charge is 2.23. The lowest BCUT2D eigenvalue weighted by atomic mass is 9.97. The van der Waals surface area contributed by atoms with E-state index < -0.39 is 0 Å². The van der Waals surface area contributed by atoms with Crippen LogP contribution in [0, 0.1) is 0 Å². The highest BCUT2D eigenvalue weighted by Crippen LogP contribution is 2.36. The topological polar surface area (TPSA) is 48.1 Å². The van der Waals surface area contributed by atoms with Gasteiger partial charge in [-0.15, -0.1) is 0 Å². The zero-order chi connectivity index (χ0) is 14.2. The standard InChI is InChI=1S/C18H16N2O/c19-10-15-9-17-16-5-3-12(14-2-1-7-20-11-14)8-13(16)4-6-18(17)21-15/h1-8,11,15H,9-10,19H2. The molecular weight excluding hydrogens is 260 g/mol. The average Bonchev–Trinajstić information content (AvgIpc) is 2.99. The minimum Gasteiger partial charge on any atom is -0.488 e. The van der Waals surface area contributed by atoms with Gasteiger partial charge in [0.2, 0.25) is 0 Å². The third kappa shape index (κ3) is 2.06. The Kier molecular flexibility index (Phi) is 2.86. The summed E-state index contributed by atoms with van der Waals surface area (Å²) in [5, 5.41) is 2.49. The summed E-state index contributed by atoms with van der Waals surface area (Å²) in [7, 11) is 0. The fourth-order valence-corrected chi connectivity index (χ4v) is 2.99. The van der Waals surface area contributed by atoms with E-state index in [0.29, 0.717) is 6.54 Å². The number of hydrogen-bond acceptors (Lipinski definition) is 3. The van der Waals surface area contributed by atoms with Gasteiger partial charge in [-0.3, -0.25) is 4.98 Å². The van der Waals surface area contributed by atoms with E-state index >= 15 is 0 Å². The van der Waals surface area contributed by atoms with Crippen molar-refractivity contribution in [3.8, 4) is 16.9 Å². The van der Waals surface area contributed by atoms with Crippen molar-refractivity contribution in [1.82, 2.24) is 4.98 Å². The van der Waals surface area contributed by atoms with Gasteiger partial charge in [-0.1, -0.05) is 24.3 Å². The van der Waals surface area contributed by atoms with Crippen LogP contribution in [0.1, 0.15) is 5.56 Å². The molecule has 0 fully saturated rings. The number of benzene rings is 2. The van der Waals surface area contributed by atoms with Gasteiger partial charge < -0.3 is 10.5 Å². The molecule has 0 aliphatic carbocycles. The second-order valence-corrected chi connectivity index (χ2v) is 5.40. The SMILES string of the molecule is NCC1Cc2c(ccc3cc(-c4cccnc4)ccc23)O1. The Labute approximate surface area is 123 Å². The monoisotopic (exact) mass is 276 g/mol. The third-order valence-electron chi connectivity index (χ3n) is 4.07. The first-order valence-corrected chi connectivity index (χ1v) is 7.18. The number of rotatable bonds is 2. The van der Waals surface area contributed by atoms with E-state index in [2.05, 4.69) is 41.4 Å². The van der Waals surface area contributed by atoms with Gasteiger partial charge in [-0.25, -0.2) is 0 Å². The Hall–Kier alpha value is -2.39. The molecule has 1 atom stereocenters. The lowest BCUT2D eigenvalue weighted by molar-refractivity contribution is 0.241. The van der Waals surface area contributed by atoms with Crippen LogP contribution in [-0.2, 0) is 6.42 Å². The van der Waals surface area contributed by atoms with Gasteiger partial charge in [0.25, 0.3) is 0 Å². The van der Waals surface area contributed by atoms with E-state index in [1.807, 2.05) is 12.3 Å². The summed E-state index contributed by atoms with van der Waals surface area (Å²) >= 11 is 0. The van der Waals surface area contributed by atoms with Gasteiger partial charge in [-0.05, 0) is 34.5 Å². The fraction of sp³-hybridized carbons (Fsp3) is 0.167. The van der Waals surface area contributed by atoms with E-state index in [1.165, 1.54) is 21.9 Å². The van der Waals surface area contributed by atoms with Crippen LogP contribution >= 0.6 is 0 Å². The summed E-state index contributed by atoms with van der Waals surface area (Å²) in [6.45, 7) is 0.559. The second kappa shape index (κ2) is 4.86. The number of pyridine rings is 1. The highest BCUT2D eigenvalue weighted by molar-refractivity contribution is 5.91. The molecule has 2 aromatic carbocycles. The molecule has 0 amide bonds. The highest BCUT2D eigenvalue weighted by atomic mass is 16.5. The molecule has 0 radical (unpaired) electrons. The van der Waals surface area contributed by atoms with Crippen molar-refractivity contribution in [2.75, 3.05) is 6.54 Å². The largest absolute Gasteiger partial charge is 0.488 e. The fourth-order valence-electron chi connectivity index (χ4n) is 2.99. The number of hydrogen-bond donors (Lipinski definition) is 1. The van der Waals surface area contributed by atoms with Gasteiger partial charge >= 0.3 is 0 Å². The summed E-state index contributed by atoms with van der Waals surface area (Å²) < 4.78 is 5.84. The Morgan fingerprint density at radius 1 is 1.14 bits per heavy atom. The second-order valence-electron chi connectivity index (χ2n) is 5.40. The molecule has 0 saturated carbocycles. The molecule has 3 nitrogen and oxygen atoms in total. The van der Waals surface area contributed by atoms with Crippen molar-refractivity contribution in [2.45, 2.75) is 12.5 Å². The van der Waals surface area contributed by atoms with E-state index in [4.69, 9.17) is 10.5 Å². The van der Waals surface area contributed by atoms with Gasteiger partial charge in [0.15, 0.2) is 0 Å². The summed E-state index contributed by atoms with van der Waals surface area (Å²) in [6.07, 6.45) is 4.70. The quantitative estimate of drug-likeness (QED) is 0.782. The van der Waals surface area contributed by atoms with Crippen molar-refractivity contribution in [3.05, 3.63) is 60.4 Å². The Bertz CT molecular complexity index is 799. The van der Waals surface area contributed by atoms with Crippen molar-refractivity contribution >= 4 is 10.8 Å². The lowest BCUT2D eigenvalue weighted by Crippen LogP contribution is -2.24. The molecule has 3 heteroatoms. The molecule has 2 heterocycles. The Balaban J connectivity index is 1.83. The molecule has 21 heavy (non-hydrogen) atoms. The van der Waals surface area contributed by atoms with Crippen LogP contribution in [0.3, 0.4) is 0 Å². The summed E-state index contributed by atoms with van der Waals surface area (Å²) in [4.78, 5) is 4.19. The van der Waals surface area contributed by atoms with Crippen LogP contribution < -0.4 is 10.5 Å². The molecule has 104 valence electrons. The smallest absolute Gasteiger partial charge is 0.123 e. The van der Waals surface area contributed by atoms with Crippen molar-refractivity contribution in [1.29, 1.82) is 0 Å². The normalized spacial score (nSPS) is 16.7. The number of nitrogens with two attached hydrogens (primary N) is 1. The third-order valence-corrected chi connectivity index (χ3v) is 4.07. The van der Waals surface area contributed by atoms with Crippen LogP contribution in [0.25, 0.3) is 21.9 Å². The molecule has 1 aliphatic heterocycles. The molecule has 0 spiro atoms. The first kappa shape index (κ1) is 12.4. The molecule has 0 bridgehead atoms. The lowest BCUT2D eigenvalue weighted by Gasteiger charge is -2.07. The maximum Gasteiger partial charge on any atom is 0.123 e. The van der Waals surface area contributed by atoms with E-state index in [9.17, 15) is 0 Å². The average molecular weight is 276 g/mol. The van der Waals surface area contributed by atoms with Crippen LogP contribution in [0.4, 0.5) is 0 Å². The molecule has 3 aromatic rings. The molecule has 4 rings (SSSR count). The zero-order valence-corrected chi connectivity index (χ0v) is 11.6. The maximum absolute atomic E-state index is 5.84. The molecular formula is C18H16N2O. The Morgan fingerprint density at radius 3 is 2.90 bits per heavy atom. The number of aromatic nitrogens is 1. The van der Waals surface area contributed by atoms with Crippen molar-refractivity contribution in [3.63, 3.8) is 0 Å². The summed E-state index contributed by atoms with van der Waals surface area (Å²) in [5.41, 5.74) is 9.32. The van der Waals surface area contributed by atoms with Crippen LogP contribution in [-0.4, -0.2) is 17.6 Å². The van der Waals surface area contributed by atoms with E-state index in [-0.39, 0.29) is 6.10 Å². The van der Waals surface area contributed by atoms with Gasteiger partial charge in [0.05, 0.1) is 0 Å². The molecule has 1 unspecified atom stereocenters. The van der Waals surface area contributed by atoms with Gasteiger partial charge in [0, 0.05) is 36.5 Å². The molecule has 0 saturated heterocycles. The van der Waals surface area contributed by atoms with Crippen molar-refractivity contribution < 1.29 is 4.74 Å². The van der Waals surface area contributed by atoms with E-state index in [1.54, 1.807) is 6.20 Å². The predicted molar refractivity (Wildman–Crippen MR) is 84.4 cm³/mol. The minimum atomic E-state index is 0.114. The van der Waals surface area contributed by atoms with Crippen LogP contribution in [0.5, 0.6) is 5.75 Å². The Morgan fingerprint density at radius 2 is 2.10 bits per heavy atom. The summed E-state index contributed by atoms with van der Waals surface area (Å²) in [5.74, 6) is 0.979. The first-order valence-electron chi connectivity index (χ1n) is 7.18. The molecule has 1 aromatic heterocycles. The number of fused-ring (bicyclic) bond motifs is 3. The van der Waals surface area contributed by atoms with Crippen LogP contribution in [0.2, 0.25) is 0 Å². The van der Waals surface area contributed by atoms with Crippen LogP contribution in [0.15, 0.2) is 54.9 Å². The number of nitrogens with zero attached hydrogens (tertiary/aromatic N) is 1. The maximum atomic E-state index is 5.84. The minimum absolute atomic E-state index is 0.114. The summed E-state index contributed by atoms with van der Waals surface area (Å²) in [6, 6.07) is 14.8. The van der Waals surface area contributed by atoms with Gasteiger partial charge in [-0.2, -0.15) is 0 Å². The first-order chi connectivity index (χ1) is 10.3. The van der Waals surface area contributed by atoms with Crippen molar-refractivity contribution in [2.24, 2.45) is 5.73 Å². The van der Waals surface area contributed by atoms with E-state index in [0.717, 1.165) is 17.7 Å². The zero-order valence-electron chi connectivity index (χ0n) is 11.6. The molecule has 2 N–H and O–H groups in total. The van der Waals surface area contributed by atoms with Gasteiger partial charge in [0.1, 0.15) is 11.9 Å².